The first-order valence-electron chi connectivity index (χ1n) is 7.76. The van der Waals surface area contributed by atoms with Gasteiger partial charge in [-0.1, -0.05) is 11.6 Å². The fourth-order valence-corrected chi connectivity index (χ4v) is 2.42. The van der Waals surface area contributed by atoms with Gasteiger partial charge in [0.05, 0.1) is 5.02 Å². The number of hydrogen-bond acceptors (Lipinski definition) is 7. The monoisotopic (exact) mass is 391 g/mol. The molecule has 2 aromatic heterocycles. The number of carbonyl (C=O) groups is 1. The predicted octanol–water partition coefficient (Wildman–Crippen LogP) is 2.69. The number of nitrogens with zero attached hydrogens (tertiary/aromatic N) is 4. The molecule has 0 unspecified atom stereocenters. The molecule has 0 aliphatic rings. The van der Waals surface area contributed by atoms with E-state index < -0.39 is 5.82 Å². The standard InChI is InChI=1S/C17H15ClFN5O3/c1-24(7-10-5-21-17(20)22-6-10)16(25)13-8-27-15(23-13)9-26-14-3-2-11(19)4-12(14)18/h2-6,8H,7,9H2,1H3,(H2,20,21,22). The van der Waals surface area contributed by atoms with Gasteiger partial charge in [-0.25, -0.2) is 19.3 Å². The van der Waals surface area contributed by atoms with Crippen LogP contribution in [0.5, 0.6) is 5.75 Å². The lowest BCUT2D eigenvalue weighted by atomic mass is 10.3. The molecule has 0 saturated heterocycles. The number of anilines is 1. The topological polar surface area (TPSA) is 107 Å². The Labute approximate surface area is 158 Å². The molecule has 8 nitrogen and oxygen atoms in total. The SMILES string of the molecule is CN(Cc1cnc(N)nc1)C(=O)c1coc(COc2ccc(F)cc2Cl)n1. The number of halogens is 2. The summed E-state index contributed by atoms with van der Waals surface area (Å²) < 4.78 is 23.7. The van der Waals surface area contributed by atoms with Crippen LogP contribution in [0.2, 0.25) is 5.02 Å². The number of oxazole rings is 1. The molecule has 0 fully saturated rings. The minimum absolute atomic E-state index is 0.0614. The van der Waals surface area contributed by atoms with Crippen LogP contribution < -0.4 is 10.5 Å². The number of aromatic nitrogens is 3. The number of rotatable bonds is 6. The molecule has 2 heterocycles. The van der Waals surface area contributed by atoms with E-state index in [9.17, 15) is 9.18 Å². The quantitative estimate of drug-likeness (QED) is 0.688. The molecule has 0 aliphatic carbocycles. The zero-order valence-electron chi connectivity index (χ0n) is 14.2. The molecule has 140 valence electrons. The number of nitrogen functional groups attached to an aromatic ring is 1. The van der Waals surface area contributed by atoms with Crippen molar-refractivity contribution >= 4 is 23.5 Å². The van der Waals surface area contributed by atoms with E-state index in [0.29, 0.717) is 0 Å². The van der Waals surface area contributed by atoms with Gasteiger partial charge in [-0.05, 0) is 18.2 Å². The highest BCUT2D eigenvalue weighted by molar-refractivity contribution is 6.32. The third kappa shape index (κ3) is 4.70. The fraction of sp³-hybridized carbons (Fsp3) is 0.176. The van der Waals surface area contributed by atoms with Gasteiger partial charge < -0.3 is 19.8 Å². The van der Waals surface area contributed by atoms with E-state index in [1.165, 1.54) is 23.3 Å². The molecule has 2 N–H and O–H groups in total. The van der Waals surface area contributed by atoms with Crippen molar-refractivity contribution in [3.05, 3.63) is 64.8 Å². The number of amides is 1. The molecule has 1 amide bonds. The molecule has 0 bridgehead atoms. The molecular weight excluding hydrogens is 377 g/mol. The van der Waals surface area contributed by atoms with Crippen molar-refractivity contribution in [2.24, 2.45) is 0 Å². The van der Waals surface area contributed by atoms with Crippen LogP contribution in [0.1, 0.15) is 21.9 Å². The number of nitrogens with two attached hydrogens (primary N) is 1. The highest BCUT2D eigenvalue weighted by Crippen LogP contribution is 2.25. The summed E-state index contributed by atoms with van der Waals surface area (Å²) in [6, 6.07) is 3.76. The molecule has 3 aromatic rings. The molecule has 27 heavy (non-hydrogen) atoms. The Morgan fingerprint density at radius 3 is 2.81 bits per heavy atom. The van der Waals surface area contributed by atoms with Gasteiger partial charge >= 0.3 is 0 Å². The summed E-state index contributed by atoms with van der Waals surface area (Å²) in [5.74, 6) is -0.185. The predicted molar refractivity (Wildman–Crippen MR) is 94.5 cm³/mol. The van der Waals surface area contributed by atoms with Crippen LogP contribution in [-0.4, -0.2) is 32.8 Å². The number of benzene rings is 1. The maximum absolute atomic E-state index is 13.0. The second-order valence-corrected chi connectivity index (χ2v) is 6.01. The van der Waals surface area contributed by atoms with Gasteiger partial charge in [0, 0.05) is 31.5 Å². The van der Waals surface area contributed by atoms with Gasteiger partial charge in [-0.2, -0.15) is 0 Å². The van der Waals surface area contributed by atoms with Gasteiger partial charge in [-0.3, -0.25) is 4.79 Å². The fourth-order valence-electron chi connectivity index (χ4n) is 2.19. The van der Waals surface area contributed by atoms with Crippen molar-refractivity contribution < 1.29 is 18.3 Å². The zero-order chi connectivity index (χ0) is 19.4. The first-order chi connectivity index (χ1) is 12.9. The number of hydrogen-bond donors (Lipinski definition) is 1. The largest absolute Gasteiger partial charge is 0.482 e. The lowest BCUT2D eigenvalue weighted by Crippen LogP contribution is -2.26. The molecule has 10 heteroatoms. The minimum atomic E-state index is -0.467. The Morgan fingerprint density at radius 2 is 2.11 bits per heavy atom. The molecular formula is C17H15ClFN5O3. The van der Waals surface area contributed by atoms with E-state index in [1.807, 2.05) is 0 Å². The van der Waals surface area contributed by atoms with Crippen molar-refractivity contribution in [3.8, 4) is 5.75 Å². The Balaban J connectivity index is 1.60. The maximum Gasteiger partial charge on any atom is 0.275 e. The van der Waals surface area contributed by atoms with Crippen LogP contribution in [-0.2, 0) is 13.2 Å². The van der Waals surface area contributed by atoms with Crippen LogP contribution in [0, 0.1) is 5.82 Å². The molecule has 0 saturated carbocycles. The van der Waals surface area contributed by atoms with Crippen LogP contribution >= 0.6 is 11.6 Å². The number of carbonyl (C=O) groups excluding carboxylic acids is 1. The van der Waals surface area contributed by atoms with E-state index >= 15 is 0 Å². The summed E-state index contributed by atoms with van der Waals surface area (Å²) in [7, 11) is 1.61. The third-order valence-electron chi connectivity index (χ3n) is 3.51. The van der Waals surface area contributed by atoms with Gasteiger partial charge in [0.2, 0.25) is 11.8 Å². The van der Waals surface area contributed by atoms with E-state index in [2.05, 4.69) is 15.0 Å². The Kier molecular flexibility index (Phi) is 5.51. The normalized spacial score (nSPS) is 10.6. The average Bonchev–Trinajstić information content (AvgIpc) is 3.11. The summed E-state index contributed by atoms with van der Waals surface area (Å²) in [5, 5.41) is 0.128. The Hall–Kier alpha value is -3.20. The van der Waals surface area contributed by atoms with Gasteiger partial charge in [0.25, 0.3) is 5.91 Å². The second-order valence-electron chi connectivity index (χ2n) is 5.60. The van der Waals surface area contributed by atoms with E-state index in [1.54, 1.807) is 19.4 Å². The summed E-state index contributed by atoms with van der Waals surface area (Å²) >= 11 is 5.88. The highest BCUT2D eigenvalue weighted by Gasteiger charge is 2.17. The van der Waals surface area contributed by atoms with Crippen LogP contribution in [0.3, 0.4) is 0 Å². The zero-order valence-corrected chi connectivity index (χ0v) is 15.0. The average molecular weight is 392 g/mol. The first kappa shape index (κ1) is 18.6. The van der Waals surface area contributed by atoms with E-state index in [4.69, 9.17) is 26.5 Å². The van der Waals surface area contributed by atoms with E-state index in [0.717, 1.165) is 11.6 Å². The molecule has 0 aliphatic heterocycles. The third-order valence-corrected chi connectivity index (χ3v) is 3.80. The van der Waals surface area contributed by atoms with Crippen molar-refractivity contribution in [3.63, 3.8) is 0 Å². The van der Waals surface area contributed by atoms with Gasteiger partial charge in [0.15, 0.2) is 12.3 Å². The van der Waals surface area contributed by atoms with Gasteiger partial charge in [-0.15, -0.1) is 0 Å². The van der Waals surface area contributed by atoms with E-state index in [-0.39, 0.29) is 47.4 Å². The first-order valence-corrected chi connectivity index (χ1v) is 8.14. The second kappa shape index (κ2) is 8.00. The molecule has 1 aromatic carbocycles. The summed E-state index contributed by atoms with van der Waals surface area (Å²) in [6.45, 7) is 0.219. The highest BCUT2D eigenvalue weighted by atomic mass is 35.5. The summed E-state index contributed by atoms with van der Waals surface area (Å²) in [4.78, 5) is 25.7. The van der Waals surface area contributed by atoms with Gasteiger partial charge in [0.1, 0.15) is 17.8 Å². The smallest absolute Gasteiger partial charge is 0.275 e. The summed E-state index contributed by atoms with van der Waals surface area (Å²) in [5.41, 5.74) is 6.28. The molecule has 0 spiro atoms. The molecule has 3 rings (SSSR count). The number of ether oxygens (including phenoxy) is 1. The van der Waals surface area contributed by atoms with Crippen LogP contribution in [0.15, 0.2) is 41.3 Å². The van der Waals surface area contributed by atoms with Crippen LogP contribution in [0.25, 0.3) is 0 Å². The van der Waals surface area contributed by atoms with Crippen molar-refractivity contribution in [1.82, 2.24) is 19.9 Å². The lowest BCUT2D eigenvalue weighted by Gasteiger charge is -2.15. The van der Waals surface area contributed by atoms with Crippen molar-refractivity contribution in [1.29, 1.82) is 0 Å². The molecule has 0 radical (unpaired) electrons. The minimum Gasteiger partial charge on any atom is -0.482 e. The Morgan fingerprint density at radius 1 is 1.37 bits per heavy atom. The van der Waals surface area contributed by atoms with Crippen LogP contribution in [0.4, 0.5) is 10.3 Å². The molecule has 0 atom stereocenters. The Bertz CT molecular complexity index is 948. The maximum atomic E-state index is 13.0. The van der Waals surface area contributed by atoms with Crippen molar-refractivity contribution in [2.75, 3.05) is 12.8 Å². The van der Waals surface area contributed by atoms with Crippen molar-refractivity contribution in [2.45, 2.75) is 13.2 Å². The summed E-state index contributed by atoms with van der Waals surface area (Å²) in [6.07, 6.45) is 4.32. The lowest BCUT2D eigenvalue weighted by molar-refractivity contribution is 0.0779.